The number of carbonyl (C=O) groups is 1. The largest absolute Gasteiger partial charge is 0.481 e. The van der Waals surface area contributed by atoms with Crippen LogP contribution in [-0.4, -0.2) is 35.6 Å². The van der Waals surface area contributed by atoms with E-state index in [0.29, 0.717) is 0 Å². The number of hydrogen-bond donors (Lipinski definition) is 1. The summed E-state index contributed by atoms with van der Waals surface area (Å²) >= 11 is 0. The van der Waals surface area contributed by atoms with Crippen LogP contribution in [0.1, 0.15) is 46.0 Å². The van der Waals surface area contributed by atoms with Crippen LogP contribution in [-0.2, 0) is 4.79 Å². The summed E-state index contributed by atoms with van der Waals surface area (Å²) in [5.41, 5.74) is -0.400. The van der Waals surface area contributed by atoms with Crippen molar-refractivity contribution in [1.82, 2.24) is 4.90 Å². The van der Waals surface area contributed by atoms with Gasteiger partial charge in [-0.2, -0.15) is 0 Å². The van der Waals surface area contributed by atoms with Crippen LogP contribution in [0.2, 0.25) is 0 Å². The van der Waals surface area contributed by atoms with Gasteiger partial charge >= 0.3 is 5.97 Å². The molecule has 1 fully saturated rings. The molecule has 0 radical (unpaired) electrons. The van der Waals surface area contributed by atoms with Crippen LogP contribution in [0.15, 0.2) is 0 Å². The highest BCUT2D eigenvalue weighted by Crippen LogP contribution is 2.41. The summed E-state index contributed by atoms with van der Waals surface area (Å²) in [4.78, 5) is 13.6. The van der Waals surface area contributed by atoms with Crippen molar-refractivity contribution in [2.75, 3.05) is 19.6 Å². The summed E-state index contributed by atoms with van der Waals surface area (Å²) in [5.74, 6) is -0.577. The minimum atomic E-state index is -0.577. The second-order valence-electron chi connectivity index (χ2n) is 4.57. The van der Waals surface area contributed by atoms with Crippen LogP contribution in [0.3, 0.4) is 0 Å². The molecule has 0 aromatic rings. The average molecular weight is 213 g/mol. The Morgan fingerprint density at radius 2 is 1.80 bits per heavy atom. The Kier molecular flexibility index (Phi) is 4.58. The number of nitrogens with zero attached hydrogens (tertiary/aromatic N) is 1. The predicted octanol–water partition coefficient (Wildman–Crippen LogP) is 2.36. The van der Waals surface area contributed by atoms with Gasteiger partial charge in [-0.05, 0) is 38.9 Å². The molecule has 3 heteroatoms. The topological polar surface area (TPSA) is 40.5 Å². The molecule has 3 nitrogen and oxygen atoms in total. The first-order valence-corrected chi connectivity index (χ1v) is 6.10. The molecule has 0 amide bonds. The molecule has 1 aliphatic rings. The van der Waals surface area contributed by atoms with E-state index in [4.69, 9.17) is 0 Å². The highest BCUT2D eigenvalue weighted by molar-refractivity contribution is 5.74. The summed E-state index contributed by atoms with van der Waals surface area (Å²) in [6.07, 6.45) is 4.76. The number of carboxylic acids is 1. The normalized spacial score (nSPS) is 19.7. The Morgan fingerprint density at radius 3 is 2.20 bits per heavy atom. The third kappa shape index (κ3) is 2.94. The standard InChI is InChI=1S/C12H23NO2/c1-3-13(4-2)10-9-12(11(14)15)7-5-6-8-12/h3-10H2,1-2H3,(H,14,15). The minimum absolute atomic E-state index is 0.400. The van der Waals surface area contributed by atoms with Crippen LogP contribution in [0.4, 0.5) is 0 Å². The van der Waals surface area contributed by atoms with Crippen LogP contribution in [0.25, 0.3) is 0 Å². The molecule has 1 aliphatic carbocycles. The highest BCUT2D eigenvalue weighted by atomic mass is 16.4. The highest BCUT2D eigenvalue weighted by Gasteiger charge is 2.40. The molecule has 0 unspecified atom stereocenters. The van der Waals surface area contributed by atoms with Gasteiger partial charge in [0, 0.05) is 0 Å². The van der Waals surface area contributed by atoms with E-state index in [1.807, 2.05) is 0 Å². The molecule has 1 rings (SSSR count). The van der Waals surface area contributed by atoms with E-state index >= 15 is 0 Å². The fourth-order valence-corrected chi connectivity index (χ4v) is 2.53. The van der Waals surface area contributed by atoms with Gasteiger partial charge in [0.05, 0.1) is 5.41 Å². The Labute approximate surface area is 92.5 Å². The molecule has 0 aliphatic heterocycles. The molecule has 1 N–H and O–H groups in total. The SMILES string of the molecule is CCN(CC)CCC1(C(=O)O)CCCC1. The number of rotatable bonds is 6. The Balaban J connectivity index is 2.49. The van der Waals surface area contributed by atoms with Gasteiger partial charge in [-0.25, -0.2) is 0 Å². The van der Waals surface area contributed by atoms with Crippen molar-refractivity contribution in [3.63, 3.8) is 0 Å². The minimum Gasteiger partial charge on any atom is -0.481 e. The van der Waals surface area contributed by atoms with E-state index < -0.39 is 11.4 Å². The van der Waals surface area contributed by atoms with Gasteiger partial charge in [0.2, 0.25) is 0 Å². The van der Waals surface area contributed by atoms with Crippen molar-refractivity contribution >= 4 is 5.97 Å². The van der Waals surface area contributed by atoms with Crippen LogP contribution in [0.5, 0.6) is 0 Å². The first-order chi connectivity index (χ1) is 7.14. The molecule has 0 atom stereocenters. The van der Waals surface area contributed by atoms with Gasteiger partial charge in [-0.1, -0.05) is 26.7 Å². The average Bonchev–Trinajstić information content (AvgIpc) is 2.69. The lowest BCUT2D eigenvalue weighted by Crippen LogP contribution is -2.34. The van der Waals surface area contributed by atoms with Crippen molar-refractivity contribution in [2.24, 2.45) is 5.41 Å². The molecule has 0 saturated heterocycles. The molecule has 0 aromatic carbocycles. The van der Waals surface area contributed by atoms with Crippen molar-refractivity contribution in [1.29, 1.82) is 0 Å². The van der Waals surface area contributed by atoms with Crippen LogP contribution >= 0.6 is 0 Å². The summed E-state index contributed by atoms with van der Waals surface area (Å²) in [5, 5.41) is 9.30. The summed E-state index contributed by atoms with van der Waals surface area (Å²) < 4.78 is 0. The quantitative estimate of drug-likeness (QED) is 0.736. The zero-order valence-electron chi connectivity index (χ0n) is 9.96. The first-order valence-electron chi connectivity index (χ1n) is 6.10. The van der Waals surface area contributed by atoms with Crippen LogP contribution < -0.4 is 0 Å². The molecule has 0 bridgehead atoms. The maximum atomic E-state index is 11.3. The van der Waals surface area contributed by atoms with Crippen LogP contribution in [0, 0.1) is 5.41 Å². The van der Waals surface area contributed by atoms with Gasteiger partial charge in [-0.3, -0.25) is 4.79 Å². The van der Waals surface area contributed by atoms with Crippen molar-refractivity contribution in [3.05, 3.63) is 0 Å². The lowest BCUT2D eigenvalue weighted by atomic mass is 9.82. The van der Waals surface area contributed by atoms with E-state index in [1.165, 1.54) is 0 Å². The first kappa shape index (κ1) is 12.5. The maximum Gasteiger partial charge on any atom is 0.309 e. The zero-order chi connectivity index (χ0) is 11.3. The third-order valence-electron chi connectivity index (χ3n) is 3.82. The number of aliphatic carboxylic acids is 1. The lowest BCUT2D eigenvalue weighted by molar-refractivity contribution is -0.149. The van der Waals surface area contributed by atoms with E-state index in [0.717, 1.165) is 51.7 Å². The third-order valence-corrected chi connectivity index (χ3v) is 3.82. The molecule has 15 heavy (non-hydrogen) atoms. The van der Waals surface area contributed by atoms with Crippen molar-refractivity contribution in [3.8, 4) is 0 Å². The van der Waals surface area contributed by atoms with Crippen molar-refractivity contribution < 1.29 is 9.90 Å². The molecule has 0 aromatic heterocycles. The number of carboxylic acid groups (broad SMARTS) is 1. The summed E-state index contributed by atoms with van der Waals surface area (Å²) in [6, 6.07) is 0. The van der Waals surface area contributed by atoms with E-state index in [9.17, 15) is 9.90 Å². The zero-order valence-corrected chi connectivity index (χ0v) is 9.96. The molecule has 0 spiro atoms. The van der Waals surface area contributed by atoms with Gasteiger partial charge in [0.25, 0.3) is 0 Å². The van der Waals surface area contributed by atoms with E-state index in [2.05, 4.69) is 18.7 Å². The van der Waals surface area contributed by atoms with Gasteiger partial charge < -0.3 is 10.0 Å². The van der Waals surface area contributed by atoms with Gasteiger partial charge in [0.15, 0.2) is 0 Å². The molecule has 1 saturated carbocycles. The fraction of sp³-hybridized carbons (Fsp3) is 0.917. The monoisotopic (exact) mass is 213 g/mol. The van der Waals surface area contributed by atoms with E-state index in [1.54, 1.807) is 0 Å². The Hall–Kier alpha value is -0.570. The second-order valence-corrected chi connectivity index (χ2v) is 4.57. The summed E-state index contributed by atoms with van der Waals surface area (Å²) in [7, 11) is 0. The Bertz CT molecular complexity index is 206. The molecule has 88 valence electrons. The predicted molar refractivity (Wildman–Crippen MR) is 60.9 cm³/mol. The molecule has 0 heterocycles. The fourth-order valence-electron chi connectivity index (χ4n) is 2.53. The lowest BCUT2D eigenvalue weighted by Gasteiger charge is -2.27. The maximum absolute atomic E-state index is 11.3. The van der Waals surface area contributed by atoms with Crippen molar-refractivity contribution in [2.45, 2.75) is 46.0 Å². The number of hydrogen-bond acceptors (Lipinski definition) is 2. The Morgan fingerprint density at radius 1 is 1.27 bits per heavy atom. The smallest absolute Gasteiger partial charge is 0.309 e. The molecular formula is C12H23NO2. The summed E-state index contributed by atoms with van der Waals surface area (Å²) in [6.45, 7) is 7.23. The second kappa shape index (κ2) is 5.50. The van der Waals surface area contributed by atoms with E-state index in [-0.39, 0.29) is 0 Å². The molecular weight excluding hydrogens is 190 g/mol. The van der Waals surface area contributed by atoms with Gasteiger partial charge in [0.1, 0.15) is 0 Å². The van der Waals surface area contributed by atoms with Gasteiger partial charge in [-0.15, -0.1) is 0 Å².